The van der Waals surface area contributed by atoms with Crippen molar-refractivity contribution < 1.29 is 13.2 Å². The Morgan fingerprint density at radius 2 is 1.52 bits per heavy atom. The summed E-state index contributed by atoms with van der Waals surface area (Å²) in [6, 6.07) is 0. The standard InChI is InChI=1S/C16H27N5O3S/c1-13-15(14(2)18(3)17-13)16(22)19-7-6-10-21(12-11-19)25(23,24)20-8-4-5-9-20/h4-12H2,1-3H3. The molecule has 0 bridgehead atoms. The lowest BCUT2D eigenvalue weighted by atomic mass is 10.1. The molecule has 1 aromatic heterocycles. The minimum atomic E-state index is -3.40. The largest absolute Gasteiger partial charge is 0.337 e. The van der Waals surface area contributed by atoms with Crippen LogP contribution in [0.15, 0.2) is 0 Å². The molecule has 2 aliphatic heterocycles. The summed E-state index contributed by atoms with van der Waals surface area (Å²) in [5.41, 5.74) is 2.20. The predicted octanol–water partition coefficient (Wildman–Crippen LogP) is 0.525. The van der Waals surface area contributed by atoms with Crippen molar-refractivity contribution in [1.82, 2.24) is 23.3 Å². The van der Waals surface area contributed by atoms with E-state index >= 15 is 0 Å². The van der Waals surface area contributed by atoms with Crippen molar-refractivity contribution in [2.75, 3.05) is 39.3 Å². The van der Waals surface area contributed by atoms with Gasteiger partial charge in [0.1, 0.15) is 0 Å². The molecule has 1 amide bonds. The van der Waals surface area contributed by atoms with Crippen molar-refractivity contribution in [1.29, 1.82) is 0 Å². The van der Waals surface area contributed by atoms with Gasteiger partial charge in [0, 0.05) is 52.0 Å². The number of aromatic nitrogens is 2. The lowest BCUT2D eigenvalue weighted by molar-refractivity contribution is 0.0762. The number of rotatable bonds is 3. The Morgan fingerprint density at radius 3 is 2.12 bits per heavy atom. The summed E-state index contributed by atoms with van der Waals surface area (Å²) in [4.78, 5) is 14.7. The van der Waals surface area contributed by atoms with E-state index in [-0.39, 0.29) is 5.91 Å². The molecule has 8 nitrogen and oxygen atoms in total. The van der Waals surface area contributed by atoms with Crippen LogP contribution in [0.3, 0.4) is 0 Å². The van der Waals surface area contributed by atoms with E-state index in [4.69, 9.17) is 0 Å². The van der Waals surface area contributed by atoms with Crippen LogP contribution in [0.25, 0.3) is 0 Å². The summed E-state index contributed by atoms with van der Waals surface area (Å²) >= 11 is 0. The maximum absolute atomic E-state index is 12.9. The Hall–Kier alpha value is -1.45. The SMILES string of the molecule is Cc1nn(C)c(C)c1C(=O)N1CCCN(S(=O)(=O)N2CCCC2)CC1. The number of hydrogen-bond donors (Lipinski definition) is 0. The third-order valence-corrected chi connectivity index (χ3v) is 7.22. The van der Waals surface area contributed by atoms with Gasteiger partial charge in [-0.2, -0.15) is 22.1 Å². The van der Waals surface area contributed by atoms with Gasteiger partial charge >= 0.3 is 0 Å². The Balaban J connectivity index is 1.72. The van der Waals surface area contributed by atoms with Crippen LogP contribution in [0.4, 0.5) is 0 Å². The monoisotopic (exact) mass is 369 g/mol. The number of carbonyl (C=O) groups excluding carboxylic acids is 1. The lowest BCUT2D eigenvalue weighted by Gasteiger charge is -2.26. The van der Waals surface area contributed by atoms with Gasteiger partial charge in [0.2, 0.25) is 0 Å². The smallest absolute Gasteiger partial charge is 0.282 e. The van der Waals surface area contributed by atoms with Crippen LogP contribution in [0.5, 0.6) is 0 Å². The highest BCUT2D eigenvalue weighted by molar-refractivity contribution is 7.86. The van der Waals surface area contributed by atoms with E-state index in [2.05, 4.69) is 5.10 Å². The van der Waals surface area contributed by atoms with Crippen LogP contribution in [-0.2, 0) is 17.3 Å². The molecule has 0 unspecified atom stereocenters. The van der Waals surface area contributed by atoms with Crippen molar-refractivity contribution in [3.05, 3.63) is 17.0 Å². The van der Waals surface area contributed by atoms with E-state index in [1.54, 1.807) is 13.9 Å². The summed E-state index contributed by atoms with van der Waals surface area (Å²) in [6.07, 6.45) is 2.51. The molecule has 2 fully saturated rings. The van der Waals surface area contributed by atoms with E-state index in [9.17, 15) is 13.2 Å². The van der Waals surface area contributed by atoms with Crippen molar-refractivity contribution in [2.24, 2.45) is 7.05 Å². The number of amides is 1. The summed E-state index contributed by atoms with van der Waals surface area (Å²) in [5, 5.41) is 4.31. The van der Waals surface area contributed by atoms with Gasteiger partial charge < -0.3 is 4.90 Å². The van der Waals surface area contributed by atoms with Crippen LogP contribution in [0.2, 0.25) is 0 Å². The van der Waals surface area contributed by atoms with E-state index in [0.29, 0.717) is 51.3 Å². The van der Waals surface area contributed by atoms with Crippen LogP contribution in [0.1, 0.15) is 41.0 Å². The molecule has 140 valence electrons. The molecule has 0 radical (unpaired) electrons. The summed E-state index contributed by atoms with van der Waals surface area (Å²) in [6.45, 7) is 6.73. The fraction of sp³-hybridized carbons (Fsp3) is 0.750. The highest BCUT2D eigenvalue weighted by Crippen LogP contribution is 2.20. The van der Waals surface area contributed by atoms with Gasteiger partial charge in [-0.05, 0) is 33.1 Å². The second-order valence-electron chi connectivity index (χ2n) is 6.83. The summed E-state index contributed by atoms with van der Waals surface area (Å²) in [5.74, 6) is -0.0523. The molecule has 1 aromatic rings. The molecule has 0 N–H and O–H groups in total. The first-order chi connectivity index (χ1) is 11.8. The molecule has 0 aromatic carbocycles. The molecule has 2 aliphatic rings. The molecule has 0 spiro atoms. The fourth-order valence-corrected chi connectivity index (χ4v) is 5.37. The van der Waals surface area contributed by atoms with E-state index in [1.807, 2.05) is 20.9 Å². The third-order valence-electron chi connectivity index (χ3n) is 5.18. The predicted molar refractivity (Wildman–Crippen MR) is 94.5 cm³/mol. The molecule has 0 saturated carbocycles. The van der Waals surface area contributed by atoms with Crippen molar-refractivity contribution in [3.8, 4) is 0 Å². The first-order valence-electron chi connectivity index (χ1n) is 8.87. The number of carbonyl (C=O) groups is 1. The maximum Gasteiger partial charge on any atom is 0.282 e. The van der Waals surface area contributed by atoms with E-state index in [1.165, 1.54) is 4.31 Å². The van der Waals surface area contributed by atoms with Gasteiger partial charge in [-0.25, -0.2) is 0 Å². The molecule has 2 saturated heterocycles. The average molecular weight is 369 g/mol. The molecule has 9 heteroatoms. The van der Waals surface area contributed by atoms with Crippen molar-refractivity contribution >= 4 is 16.1 Å². The minimum absolute atomic E-state index is 0.0523. The average Bonchev–Trinajstić information content (AvgIpc) is 3.09. The van der Waals surface area contributed by atoms with E-state index < -0.39 is 10.2 Å². The molecule has 3 rings (SSSR count). The highest BCUT2D eigenvalue weighted by atomic mass is 32.2. The number of hydrogen-bond acceptors (Lipinski definition) is 4. The van der Waals surface area contributed by atoms with Gasteiger partial charge in [-0.1, -0.05) is 0 Å². The lowest BCUT2D eigenvalue weighted by Crippen LogP contribution is -2.44. The Kier molecular flexibility index (Phi) is 5.17. The zero-order chi connectivity index (χ0) is 18.2. The zero-order valence-corrected chi connectivity index (χ0v) is 16.0. The topological polar surface area (TPSA) is 78.8 Å². The Bertz CT molecular complexity index is 752. The van der Waals surface area contributed by atoms with Gasteiger partial charge in [0.15, 0.2) is 0 Å². The van der Waals surface area contributed by atoms with Crippen molar-refractivity contribution in [2.45, 2.75) is 33.1 Å². The summed E-state index contributed by atoms with van der Waals surface area (Å²) < 4.78 is 30.3. The van der Waals surface area contributed by atoms with Gasteiger partial charge in [0.25, 0.3) is 16.1 Å². The van der Waals surface area contributed by atoms with Gasteiger partial charge in [-0.3, -0.25) is 9.48 Å². The van der Waals surface area contributed by atoms with Crippen molar-refractivity contribution in [3.63, 3.8) is 0 Å². The van der Waals surface area contributed by atoms with Crippen LogP contribution in [-0.4, -0.2) is 76.9 Å². The first kappa shape index (κ1) is 18.3. The first-order valence-corrected chi connectivity index (χ1v) is 10.3. The number of nitrogens with zero attached hydrogens (tertiary/aromatic N) is 5. The summed E-state index contributed by atoms with van der Waals surface area (Å²) in [7, 11) is -1.57. The molecule has 3 heterocycles. The quantitative estimate of drug-likeness (QED) is 0.778. The van der Waals surface area contributed by atoms with E-state index in [0.717, 1.165) is 24.2 Å². The zero-order valence-electron chi connectivity index (χ0n) is 15.2. The van der Waals surface area contributed by atoms with Crippen LogP contribution < -0.4 is 0 Å². The van der Waals surface area contributed by atoms with Crippen LogP contribution in [0, 0.1) is 13.8 Å². The molecule has 25 heavy (non-hydrogen) atoms. The Morgan fingerprint density at radius 1 is 0.920 bits per heavy atom. The number of aryl methyl sites for hydroxylation is 2. The highest BCUT2D eigenvalue weighted by Gasteiger charge is 2.34. The fourth-order valence-electron chi connectivity index (χ4n) is 3.65. The van der Waals surface area contributed by atoms with Gasteiger partial charge in [-0.15, -0.1) is 0 Å². The maximum atomic E-state index is 12.9. The van der Waals surface area contributed by atoms with Gasteiger partial charge in [0.05, 0.1) is 11.3 Å². The normalized spacial score (nSPS) is 20.8. The minimum Gasteiger partial charge on any atom is -0.337 e. The second kappa shape index (κ2) is 7.05. The molecule has 0 atom stereocenters. The third kappa shape index (κ3) is 3.45. The van der Waals surface area contributed by atoms with Crippen LogP contribution >= 0.6 is 0 Å². The molecule has 0 aliphatic carbocycles. The second-order valence-corrected chi connectivity index (χ2v) is 8.76. The molecular weight excluding hydrogens is 342 g/mol. The molecular formula is C16H27N5O3S. The Labute approximate surface area is 149 Å².